The highest BCUT2D eigenvalue weighted by atomic mass is 79.9. The molecule has 0 aliphatic carbocycles. The molecule has 0 aromatic heterocycles. The molecular weight excluding hydrogens is 172 g/mol. The van der Waals surface area contributed by atoms with Crippen molar-refractivity contribution in [2.24, 2.45) is 10.9 Å². The average molecular weight is 179 g/mol. The normalized spacial score (nSPS) is 36.5. The molecule has 0 saturated carbocycles. The Kier molecular flexibility index (Phi) is 1.42. The Labute approximate surface area is 56.0 Å². The van der Waals surface area contributed by atoms with E-state index in [0.29, 0.717) is 5.84 Å². The fraction of sp³-hybridized carbons (Fsp3) is 0.750. The van der Waals surface area contributed by atoms with Crippen LogP contribution in [0.1, 0.15) is 6.92 Å². The topological polar surface area (TPSA) is 47.6 Å². The molecule has 1 aliphatic heterocycles. The van der Waals surface area contributed by atoms with Crippen molar-refractivity contribution in [3.8, 4) is 0 Å². The predicted octanol–water partition coefficient (Wildman–Crippen LogP) is 0.441. The first-order chi connectivity index (χ1) is 3.72. The van der Waals surface area contributed by atoms with Gasteiger partial charge in [-0.15, -0.1) is 0 Å². The summed E-state index contributed by atoms with van der Waals surface area (Å²) in [5.74, 6) is 0.525. The largest absolute Gasteiger partial charge is 0.390 e. The van der Waals surface area contributed by atoms with E-state index in [-0.39, 0.29) is 10.9 Å². The summed E-state index contributed by atoms with van der Waals surface area (Å²) in [5, 5.41) is 3.55. The molecule has 1 rings (SSSR count). The Morgan fingerprint density at radius 1 is 1.88 bits per heavy atom. The summed E-state index contributed by atoms with van der Waals surface area (Å²) in [5.41, 5.74) is 5.35. The SMILES string of the molecule is CC1ON=C(N)C1Br. The Morgan fingerprint density at radius 2 is 2.50 bits per heavy atom. The predicted molar refractivity (Wildman–Crippen MR) is 34.9 cm³/mol. The number of halogens is 1. The van der Waals surface area contributed by atoms with Crippen LogP contribution in [0.3, 0.4) is 0 Å². The van der Waals surface area contributed by atoms with Gasteiger partial charge in [-0.05, 0) is 6.92 Å². The van der Waals surface area contributed by atoms with Gasteiger partial charge >= 0.3 is 0 Å². The van der Waals surface area contributed by atoms with Crippen molar-refractivity contribution in [1.82, 2.24) is 0 Å². The van der Waals surface area contributed by atoms with Gasteiger partial charge in [-0.3, -0.25) is 0 Å². The third kappa shape index (κ3) is 0.798. The first kappa shape index (κ1) is 5.88. The van der Waals surface area contributed by atoms with Crippen LogP contribution >= 0.6 is 15.9 Å². The van der Waals surface area contributed by atoms with E-state index in [1.54, 1.807) is 0 Å². The average Bonchev–Trinajstić information content (AvgIpc) is 1.98. The molecule has 3 nitrogen and oxygen atoms in total. The molecule has 0 aromatic carbocycles. The van der Waals surface area contributed by atoms with Crippen molar-refractivity contribution < 1.29 is 4.84 Å². The molecular formula is C4H7BrN2O. The van der Waals surface area contributed by atoms with Crippen molar-refractivity contribution in [3.05, 3.63) is 0 Å². The van der Waals surface area contributed by atoms with Gasteiger partial charge in [-0.1, -0.05) is 21.1 Å². The second-order valence-electron chi connectivity index (χ2n) is 1.73. The maximum Gasteiger partial charge on any atom is 0.157 e. The Balaban J connectivity index is 2.59. The molecule has 2 N–H and O–H groups in total. The fourth-order valence-electron chi connectivity index (χ4n) is 0.488. The summed E-state index contributed by atoms with van der Waals surface area (Å²) in [6, 6.07) is 0. The van der Waals surface area contributed by atoms with E-state index in [9.17, 15) is 0 Å². The molecule has 2 unspecified atom stereocenters. The summed E-state index contributed by atoms with van der Waals surface area (Å²) in [7, 11) is 0. The first-order valence-corrected chi connectivity index (χ1v) is 3.26. The van der Waals surface area contributed by atoms with Crippen LogP contribution in [0.5, 0.6) is 0 Å². The lowest BCUT2D eigenvalue weighted by Crippen LogP contribution is -2.26. The number of nitrogens with two attached hydrogens (primary N) is 1. The molecule has 2 atom stereocenters. The second kappa shape index (κ2) is 1.93. The van der Waals surface area contributed by atoms with Crippen LogP contribution in [-0.2, 0) is 4.84 Å². The minimum Gasteiger partial charge on any atom is -0.390 e. The monoisotopic (exact) mass is 178 g/mol. The summed E-state index contributed by atoms with van der Waals surface area (Å²) in [4.78, 5) is 4.89. The lowest BCUT2D eigenvalue weighted by atomic mass is 10.3. The molecule has 0 saturated heterocycles. The maximum absolute atomic E-state index is 5.35. The van der Waals surface area contributed by atoms with E-state index < -0.39 is 0 Å². The van der Waals surface area contributed by atoms with Crippen LogP contribution in [0.2, 0.25) is 0 Å². The van der Waals surface area contributed by atoms with Crippen LogP contribution in [0.15, 0.2) is 5.16 Å². The minimum atomic E-state index is 0.0787. The lowest BCUT2D eigenvalue weighted by Gasteiger charge is -2.02. The van der Waals surface area contributed by atoms with Crippen molar-refractivity contribution >= 4 is 21.8 Å². The van der Waals surface area contributed by atoms with E-state index in [4.69, 9.17) is 10.6 Å². The Hall–Kier alpha value is -0.250. The van der Waals surface area contributed by atoms with Crippen molar-refractivity contribution in [2.75, 3.05) is 0 Å². The molecule has 1 heterocycles. The zero-order chi connectivity index (χ0) is 6.15. The van der Waals surface area contributed by atoms with E-state index >= 15 is 0 Å². The zero-order valence-corrected chi connectivity index (χ0v) is 6.05. The second-order valence-corrected chi connectivity index (χ2v) is 2.71. The minimum absolute atomic E-state index is 0.0787. The summed E-state index contributed by atoms with van der Waals surface area (Å²) in [6.07, 6.45) is 0.0787. The summed E-state index contributed by atoms with van der Waals surface area (Å²) < 4.78 is 0. The van der Waals surface area contributed by atoms with Gasteiger partial charge in [0.1, 0.15) is 10.9 Å². The van der Waals surface area contributed by atoms with Gasteiger partial charge in [0.05, 0.1) is 0 Å². The zero-order valence-electron chi connectivity index (χ0n) is 4.47. The molecule has 8 heavy (non-hydrogen) atoms. The number of alkyl halides is 1. The number of rotatable bonds is 0. The molecule has 0 aromatic rings. The van der Waals surface area contributed by atoms with Crippen molar-refractivity contribution in [2.45, 2.75) is 17.9 Å². The summed E-state index contributed by atoms with van der Waals surface area (Å²) in [6.45, 7) is 1.91. The van der Waals surface area contributed by atoms with E-state index in [1.807, 2.05) is 6.92 Å². The van der Waals surface area contributed by atoms with Crippen molar-refractivity contribution in [1.29, 1.82) is 0 Å². The Morgan fingerprint density at radius 3 is 2.62 bits per heavy atom. The van der Waals surface area contributed by atoms with Gasteiger partial charge < -0.3 is 10.6 Å². The lowest BCUT2D eigenvalue weighted by molar-refractivity contribution is 0.103. The standard InChI is InChI=1S/C4H7BrN2O/c1-2-3(5)4(6)7-8-2/h2-3H,1H3,(H2,6,7). The van der Waals surface area contributed by atoms with Gasteiger partial charge in [0, 0.05) is 0 Å². The van der Waals surface area contributed by atoms with Gasteiger partial charge in [-0.2, -0.15) is 0 Å². The smallest absolute Gasteiger partial charge is 0.157 e. The molecule has 0 bridgehead atoms. The molecule has 46 valence electrons. The Bertz CT molecular complexity index is 125. The first-order valence-electron chi connectivity index (χ1n) is 2.35. The molecule has 0 spiro atoms. The third-order valence-corrected chi connectivity index (χ3v) is 2.23. The number of hydrogen-bond donors (Lipinski definition) is 1. The van der Waals surface area contributed by atoms with Crippen molar-refractivity contribution in [3.63, 3.8) is 0 Å². The molecule has 4 heteroatoms. The van der Waals surface area contributed by atoms with Gasteiger partial charge in [0.25, 0.3) is 0 Å². The van der Waals surface area contributed by atoms with E-state index in [1.165, 1.54) is 0 Å². The van der Waals surface area contributed by atoms with E-state index in [0.717, 1.165) is 0 Å². The number of nitrogens with zero attached hydrogens (tertiary/aromatic N) is 1. The third-order valence-electron chi connectivity index (χ3n) is 1.02. The van der Waals surface area contributed by atoms with Gasteiger partial charge in [0.15, 0.2) is 5.84 Å². The van der Waals surface area contributed by atoms with E-state index in [2.05, 4.69) is 21.1 Å². The van der Waals surface area contributed by atoms with Gasteiger partial charge in [0.2, 0.25) is 0 Å². The molecule has 0 fully saturated rings. The highest BCUT2D eigenvalue weighted by Gasteiger charge is 2.25. The quantitative estimate of drug-likeness (QED) is 0.548. The molecule has 0 amide bonds. The highest BCUT2D eigenvalue weighted by Crippen LogP contribution is 2.15. The summed E-state index contributed by atoms with van der Waals surface area (Å²) >= 11 is 3.29. The van der Waals surface area contributed by atoms with Crippen LogP contribution in [-0.4, -0.2) is 16.8 Å². The number of oxime groups is 1. The number of hydrogen-bond acceptors (Lipinski definition) is 3. The molecule has 1 aliphatic rings. The molecule has 0 radical (unpaired) electrons. The fourth-order valence-corrected chi connectivity index (χ4v) is 0.668. The number of amidine groups is 1. The maximum atomic E-state index is 5.35. The highest BCUT2D eigenvalue weighted by molar-refractivity contribution is 9.10. The van der Waals surface area contributed by atoms with Crippen LogP contribution < -0.4 is 5.73 Å². The van der Waals surface area contributed by atoms with Crippen LogP contribution in [0.4, 0.5) is 0 Å². The van der Waals surface area contributed by atoms with Crippen LogP contribution in [0, 0.1) is 0 Å². The van der Waals surface area contributed by atoms with Crippen LogP contribution in [0.25, 0.3) is 0 Å². The van der Waals surface area contributed by atoms with Gasteiger partial charge in [-0.25, -0.2) is 0 Å².